The fourth-order valence-corrected chi connectivity index (χ4v) is 2.40. The van der Waals surface area contributed by atoms with E-state index in [2.05, 4.69) is 45.5 Å². The van der Waals surface area contributed by atoms with Crippen molar-refractivity contribution in [1.29, 1.82) is 0 Å². The van der Waals surface area contributed by atoms with Crippen LogP contribution in [0.4, 0.5) is 17.8 Å². The molecule has 7 nitrogen and oxygen atoms in total. The van der Waals surface area contributed by atoms with Crippen LogP contribution in [0.3, 0.4) is 0 Å². The maximum Gasteiger partial charge on any atom is 0.232 e. The Kier molecular flexibility index (Phi) is 4.94. The molecule has 1 atom stereocenters. The molecule has 0 aromatic carbocycles. The van der Waals surface area contributed by atoms with Crippen LogP contribution < -0.4 is 15.5 Å². The van der Waals surface area contributed by atoms with E-state index in [9.17, 15) is 0 Å². The quantitative estimate of drug-likeness (QED) is 0.858. The second kappa shape index (κ2) is 6.69. The molecule has 1 fully saturated rings. The molecule has 0 aliphatic carbocycles. The van der Waals surface area contributed by atoms with Crippen molar-refractivity contribution in [2.75, 3.05) is 48.4 Å². The molecule has 2 rings (SSSR count). The van der Waals surface area contributed by atoms with Crippen molar-refractivity contribution in [3.63, 3.8) is 0 Å². The van der Waals surface area contributed by atoms with E-state index in [4.69, 9.17) is 10.5 Å². The molecule has 112 valence electrons. The molecule has 1 aliphatic heterocycles. The van der Waals surface area contributed by atoms with Gasteiger partial charge in [-0.15, -0.1) is 0 Å². The Balaban J connectivity index is 2.30. The second-order valence-corrected chi connectivity index (χ2v) is 4.80. The van der Waals surface area contributed by atoms with Crippen molar-refractivity contribution in [1.82, 2.24) is 15.0 Å². The number of nitrogens with two attached hydrogens (primary N) is 1. The van der Waals surface area contributed by atoms with Gasteiger partial charge in [-0.1, -0.05) is 6.92 Å². The summed E-state index contributed by atoms with van der Waals surface area (Å²) < 4.78 is 5.52. The first-order chi connectivity index (χ1) is 9.69. The van der Waals surface area contributed by atoms with Gasteiger partial charge in [0.2, 0.25) is 17.8 Å². The minimum atomic E-state index is 0.276. The molecule has 2 heterocycles. The molecule has 20 heavy (non-hydrogen) atoms. The van der Waals surface area contributed by atoms with Crippen LogP contribution in [-0.4, -0.2) is 53.8 Å². The number of morpholine rings is 1. The SMILES string of the molecule is CCC1COCCN1c1nc(N)nc(N(CC)CC)n1. The van der Waals surface area contributed by atoms with E-state index in [-0.39, 0.29) is 5.95 Å². The third-order valence-corrected chi connectivity index (χ3v) is 3.63. The summed E-state index contributed by atoms with van der Waals surface area (Å²) in [7, 11) is 0. The number of anilines is 3. The lowest BCUT2D eigenvalue weighted by molar-refractivity contribution is 0.0921. The highest BCUT2D eigenvalue weighted by Crippen LogP contribution is 2.20. The predicted octanol–water partition coefficient (Wildman–Crippen LogP) is 0.915. The molecular formula is C13H24N6O. The standard InChI is InChI=1S/C13H24N6O/c1-4-10-9-20-8-7-19(10)13-16-11(14)15-12(17-13)18(5-2)6-3/h10H,4-9H2,1-3H3,(H2,14,15,16,17). The van der Waals surface area contributed by atoms with Gasteiger partial charge in [0, 0.05) is 19.6 Å². The average Bonchev–Trinajstić information content (AvgIpc) is 2.48. The van der Waals surface area contributed by atoms with E-state index in [0.717, 1.165) is 26.1 Å². The minimum absolute atomic E-state index is 0.276. The Morgan fingerprint density at radius 1 is 1.25 bits per heavy atom. The van der Waals surface area contributed by atoms with Crippen LogP contribution >= 0.6 is 0 Å². The third kappa shape index (κ3) is 3.09. The first kappa shape index (κ1) is 14.8. The highest BCUT2D eigenvalue weighted by molar-refractivity contribution is 5.44. The molecule has 1 aliphatic rings. The van der Waals surface area contributed by atoms with Gasteiger partial charge in [-0.05, 0) is 20.3 Å². The average molecular weight is 280 g/mol. The van der Waals surface area contributed by atoms with E-state index < -0.39 is 0 Å². The maximum atomic E-state index is 5.85. The number of ether oxygens (including phenoxy) is 1. The summed E-state index contributed by atoms with van der Waals surface area (Å²) in [5.74, 6) is 1.59. The fraction of sp³-hybridized carbons (Fsp3) is 0.769. The van der Waals surface area contributed by atoms with Crippen molar-refractivity contribution in [3.05, 3.63) is 0 Å². The van der Waals surface area contributed by atoms with E-state index in [0.29, 0.717) is 31.2 Å². The third-order valence-electron chi connectivity index (χ3n) is 3.63. The van der Waals surface area contributed by atoms with Crippen LogP contribution in [0, 0.1) is 0 Å². The number of rotatable bonds is 5. The molecule has 0 spiro atoms. The smallest absolute Gasteiger partial charge is 0.232 e. The summed E-state index contributed by atoms with van der Waals surface area (Å²) in [6, 6.07) is 0.301. The maximum absolute atomic E-state index is 5.85. The second-order valence-electron chi connectivity index (χ2n) is 4.80. The number of nitrogen functional groups attached to an aromatic ring is 1. The summed E-state index contributed by atoms with van der Waals surface area (Å²) in [6.45, 7) is 10.2. The largest absolute Gasteiger partial charge is 0.377 e. The Morgan fingerprint density at radius 3 is 2.65 bits per heavy atom. The minimum Gasteiger partial charge on any atom is -0.377 e. The van der Waals surface area contributed by atoms with Gasteiger partial charge in [-0.25, -0.2) is 0 Å². The van der Waals surface area contributed by atoms with E-state index >= 15 is 0 Å². The van der Waals surface area contributed by atoms with Gasteiger partial charge in [0.1, 0.15) is 0 Å². The van der Waals surface area contributed by atoms with E-state index in [1.807, 2.05) is 0 Å². The summed E-state index contributed by atoms with van der Waals surface area (Å²) >= 11 is 0. The first-order valence-corrected chi connectivity index (χ1v) is 7.30. The van der Waals surface area contributed by atoms with Crippen molar-refractivity contribution in [2.24, 2.45) is 0 Å². The molecule has 1 saturated heterocycles. The first-order valence-electron chi connectivity index (χ1n) is 7.30. The van der Waals surface area contributed by atoms with Crippen LogP contribution in [0.15, 0.2) is 0 Å². The van der Waals surface area contributed by atoms with Gasteiger partial charge in [-0.2, -0.15) is 15.0 Å². The summed E-state index contributed by atoms with van der Waals surface area (Å²) in [6.07, 6.45) is 0.992. The molecule has 0 saturated carbocycles. The molecular weight excluding hydrogens is 256 g/mol. The molecule has 0 bridgehead atoms. The molecule has 1 unspecified atom stereocenters. The number of aromatic nitrogens is 3. The van der Waals surface area contributed by atoms with Crippen LogP contribution in [0.2, 0.25) is 0 Å². The molecule has 7 heteroatoms. The Morgan fingerprint density at radius 2 is 2.00 bits per heavy atom. The summed E-state index contributed by atoms with van der Waals surface area (Å²) in [5, 5.41) is 0. The van der Waals surface area contributed by atoms with Crippen molar-refractivity contribution in [3.8, 4) is 0 Å². The molecule has 1 aromatic rings. The number of hydrogen-bond donors (Lipinski definition) is 1. The van der Waals surface area contributed by atoms with Crippen LogP contribution in [0.1, 0.15) is 27.2 Å². The molecule has 0 amide bonds. The Hall–Kier alpha value is -1.63. The monoisotopic (exact) mass is 280 g/mol. The van der Waals surface area contributed by atoms with Crippen LogP contribution in [0.5, 0.6) is 0 Å². The number of hydrogen-bond acceptors (Lipinski definition) is 7. The van der Waals surface area contributed by atoms with Gasteiger partial charge in [0.05, 0.1) is 19.3 Å². The lowest BCUT2D eigenvalue weighted by Crippen LogP contribution is -2.46. The van der Waals surface area contributed by atoms with Gasteiger partial charge in [0.15, 0.2) is 0 Å². The molecule has 0 radical (unpaired) electrons. The lowest BCUT2D eigenvalue weighted by Gasteiger charge is -2.35. The Bertz CT molecular complexity index is 437. The number of nitrogens with zero attached hydrogens (tertiary/aromatic N) is 5. The predicted molar refractivity (Wildman–Crippen MR) is 80.0 cm³/mol. The molecule has 2 N–H and O–H groups in total. The summed E-state index contributed by atoms with van der Waals surface area (Å²) in [5.41, 5.74) is 5.85. The fourth-order valence-electron chi connectivity index (χ4n) is 2.40. The highest BCUT2D eigenvalue weighted by atomic mass is 16.5. The van der Waals surface area contributed by atoms with Crippen molar-refractivity contribution in [2.45, 2.75) is 33.2 Å². The zero-order chi connectivity index (χ0) is 14.5. The van der Waals surface area contributed by atoms with E-state index in [1.54, 1.807) is 0 Å². The van der Waals surface area contributed by atoms with Gasteiger partial charge >= 0.3 is 0 Å². The lowest BCUT2D eigenvalue weighted by atomic mass is 10.2. The summed E-state index contributed by atoms with van der Waals surface area (Å²) in [4.78, 5) is 17.4. The van der Waals surface area contributed by atoms with Crippen LogP contribution in [0.25, 0.3) is 0 Å². The Labute approximate surface area is 120 Å². The van der Waals surface area contributed by atoms with Gasteiger partial charge < -0.3 is 20.3 Å². The van der Waals surface area contributed by atoms with Crippen molar-refractivity contribution >= 4 is 17.8 Å². The van der Waals surface area contributed by atoms with Crippen molar-refractivity contribution < 1.29 is 4.74 Å². The van der Waals surface area contributed by atoms with Crippen LogP contribution in [-0.2, 0) is 4.74 Å². The van der Waals surface area contributed by atoms with Gasteiger partial charge in [0.25, 0.3) is 0 Å². The zero-order valence-electron chi connectivity index (χ0n) is 12.5. The zero-order valence-corrected chi connectivity index (χ0v) is 12.5. The molecule has 1 aromatic heterocycles. The highest BCUT2D eigenvalue weighted by Gasteiger charge is 2.25. The van der Waals surface area contributed by atoms with Gasteiger partial charge in [-0.3, -0.25) is 0 Å². The topological polar surface area (TPSA) is 80.4 Å². The van der Waals surface area contributed by atoms with E-state index in [1.165, 1.54) is 0 Å². The normalized spacial score (nSPS) is 19.1.